The van der Waals surface area contributed by atoms with Crippen LogP contribution in [0.3, 0.4) is 0 Å². The Bertz CT molecular complexity index is 952. The van der Waals surface area contributed by atoms with Gasteiger partial charge in [-0.3, -0.25) is 4.79 Å². The van der Waals surface area contributed by atoms with E-state index >= 15 is 0 Å². The minimum absolute atomic E-state index is 0.0604. The number of nitrogens with zero attached hydrogens (tertiary/aromatic N) is 1. The van der Waals surface area contributed by atoms with E-state index < -0.39 is 38.2 Å². The highest BCUT2D eigenvalue weighted by Gasteiger charge is 2.77. The van der Waals surface area contributed by atoms with Crippen LogP contribution < -0.4 is 0 Å². The minimum Gasteiger partial charge on any atom is -0.480 e. The second-order valence-electron chi connectivity index (χ2n) is 5.60. The van der Waals surface area contributed by atoms with Gasteiger partial charge in [0.25, 0.3) is 0 Å². The van der Waals surface area contributed by atoms with E-state index in [0.29, 0.717) is 0 Å². The number of rotatable bonds is 4. The average Bonchev–Trinajstić information content (AvgIpc) is 3.27. The summed E-state index contributed by atoms with van der Waals surface area (Å²) < 4.78 is 39.1. The van der Waals surface area contributed by atoms with Crippen molar-refractivity contribution in [2.75, 3.05) is 0 Å². The van der Waals surface area contributed by atoms with Gasteiger partial charge in [0.15, 0.2) is 15.3 Å². The lowest BCUT2D eigenvalue weighted by Gasteiger charge is -2.04. The molecule has 1 aliphatic carbocycles. The van der Waals surface area contributed by atoms with Crippen LogP contribution in [0.4, 0.5) is 4.39 Å². The molecule has 0 unspecified atom stereocenters. The molecule has 122 valence electrons. The van der Waals surface area contributed by atoms with Gasteiger partial charge in [0.1, 0.15) is 11.1 Å². The summed E-state index contributed by atoms with van der Waals surface area (Å²) in [6.07, 6.45) is 0. The van der Waals surface area contributed by atoms with Crippen molar-refractivity contribution >= 4 is 15.8 Å². The van der Waals surface area contributed by atoms with E-state index in [9.17, 15) is 28.0 Å². The van der Waals surface area contributed by atoms with Crippen molar-refractivity contribution in [2.45, 2.75) is 16.1 Å². The fraction of sp³-hybridized carbons (Fsp3) is 0.176. The zero-order valence-electron chi connectivity index (χ0n) is 12.3. The third-order valence-corrected chi connectivity index (χ3v) is 6.53. The highest BCUT2D eigenvalue weighted by Crippen LogP contribution is 2.64. The van der Waals surface area contributed by atoms with E-state index in [-0.39, 0.29) is 10.5 Å². The van der Waals surface area contributed by atoms with Crippen molar-refractivity contribution in [3.8, 4) is 6.07 Å². The molecule has 0 heterocycles. The molecule has 0 radical (unpaired) electrons. The first-order valence-corrected chi connectivity index (χ1v) is 8.59. The molecule has 1 fully saturated rings. The molecule has 0 spiro atoms. The smallest absolute Gasteiger partial charge is 0.326 e. The van der Waals surface area contributed by atoms with E-state index in [1.807, 2.05) is 0 Å². The number of hydrogen-bond acceptors (Lipinski definition) is 4. The van der Waals surface area contributed by atoms with Crippen molar-refractivity contribution < 1.29 is 22.7 Å². The molecule has 5 nitrogen and oxygen atoms in total. The molecule has 0 amide bonds. The first-order valence-electron chi connectivity index (χ1n) is 7.04. The molecule has 1 saturated carbocycles. The zero-order chi connectivity index (χ0) is 17.5. The maximum absolute atomic E-state index is 13.5. The average molecular weight is 345 g/mol. The fourth-order valence-corrected chi connectivity index (χ4v) is 5.38. The molecular formula is C17H12FNO4S. The standard InChI is InChI=1S/C17H12FNO4S/c18-12-6-4-5-11(9-12)14-15(17(14,10-19)16(20)21)24(22,23)13-7-2-1-3-8-13/h1-9,14-15H,(H,20,21)/t14-,15-,17+/m1/s1. The molecule has 3 rings (SSSR count). The van der Waals surface area contributed by atoms with E-state index in [1.54, 1.807) is 12.1 Å². The van der Waals surface area contributed by atoms with Crippen LogP contribution in [-0.4, -0.2) is 24.7 Å². The molecular weight excluding hydrogens is 333 g/mol. The van der Waals surface area contributed by atoms with E-state index in [0.717, 1.165) is 6.07 Å². The van der Waals surface area contributed by atoms with Crippen LogP contribution >= 0.6 is 0 Å². The first-order chi connectivity index (χ1) is 11.4. The van der Waals surface area contributed by atoms with E-state index in [2.05, 4.69) is 0 Å². The van der Waals surface area contributed by atoms with Gasteiger partial charge in [-0.1, -0.05) is 30.3 Å². The van der Waals surface area contributed by atoms with Gasteiger partial charge in [0.05, 0.1) is 11.0 Å². The minimum atomic E-state index is -4.07. The van der Waals surface area contributed by atoms with Gasteiger partial charge < -0.3 is 5.11 Å². The summed E-state index contributed by atoms with van der Waals surface area (Å²) in [5, 5.41) is 17.5. The lowest BCUT2D eigenvalue weighted by molar-refractivity contribution is -0.141. The quantitative estimate of drug-likeness (QED) is 0.918. The molecule has 0 bridgehead atoms. The van der Waals surface area contributed by atoms with Crippen molar-refractivity contribution in [2.24, 2.45) is 5.41 Å². The van der Waals surface area contributed by atoms with Gasteiger partial charge in [-0.15, -0.1) is 0 Å². The molecule has 24 heavy (non-hydrogen) atoms. The number of benzene rings is 2. The van der Waals surface area contributed by atoms with Crippen LogP contribution in [0.2, 0.25) is 0 Å². The Kier molecular flexibility index (Phi) is 3.65. The summed E-state index contributed by atoms with van der Waals surface area (Å²) in [4.78, 5) is 11.6. The summed E-state index contributed by atoms with van der Waals surface area (Å²) in [5.41, 5.74) is -1.94. The predicted octanol–water partition coefficient (Wildman–Crippen LogP) is 2.36. The molecule has 2 aromatic carbocycles. The third-order valence-electron chi connectivity index (χ3n) is 4.29. The fourth-order valence-electron chi connectivity index (χ4n) is 3.11. The van der Waals surface area contributed by atoms with E-state index in [1.165, 1.54) is 42.5 Å². The van der Waals surface area contributed by atoms with Crippen molar-refractivity contribution in [1.29, 1.82) is 5.26 Å². The monoisotopic (exact) mass is 345 g/mol. The normalized spacial score (nSPS) is 25.7. The molecule has 1 aliphatic rings. The largest absolute Gasteiger partial charge is 0.480 e. The van der Waals surface area contributed by atoms with Gasteiger partial charge in [-0.2, -0.15) is 5.26 Å². The Labute approximate surface area is 137 Å². The Balaban J connectivity index is 2.16. The molecule has 0 aliphatic heterocycles. The van der Waals surface area contributed by atoms with Crippen LogP contribution in [0.15, 0.2) is 59.5 Å². The second kappa shape index (κ2) is 5.42. The van der Waals surface area contributed by atoms with Crippen LogP contribution in [0.25, 0.3) is 0 Å². The van der Waals surface area contributed by atoms with Gasteiger partial charge in [0, 0.05) is 5.92 Å². The Morgan fingerprint density at radius 3 is 2.38 bits per heavy atom. The molecule has 0 aromatic heterocycles. The SMILES string of the molecule is N#C[C@]1(C(=O)O)[C@H](c2cccc(F)c2)[C@H]1S(=O)(=O)c1ccccc1. The molecule has 7 heteroatoms. The summed E-state index contributed by atoms with van der Waals surface area (Å²) in [6, 6.07) is 14.0. The Morgan fingerprint density at radius 1 is 1.17 bits per heavy atom. The van der Waals surface area contributed by atoms with Crippen LogP contribution in [0.5, 0.6) is 0 Å². The number of halogens is 1. The number of carboxylic acids is 1. The van der Waals surface area contributed by atoms with Crippen molar-refractivity contribution in [3.05, 3.63) is 66.0 Å². The number of carbonyl (C=O) groups is 1. The van der Waals surface area contributed by atoms with Crippen LogP contribution in [0.1, 0.15) is 11.5 Å². The molecule has 3 atom stereocenters. The van der Waals surface area contributed by atoms with Crippen molar-refractivity contribution in [1.82, 2.24) is 0 Å². The molecule has 1 N–H and O–H groups in total. The van der Waals surface area contributed by atoms with Gasteiger partial charge >= 0.3 is 5.97 Å². The predicted molar refractivity (Wildman–Crippen MR) is 82.2 cm³/mol. The number of aliphatic carboxylic acids is 1. The highest BCUT2D eigenvalue weighted by molar-refractivity contribution is 7.92. The number of nitriles is 1. The zero-order valence-corrected chi connectivity index (χ0v) is 13.1. The van der Waals surface area contributed by atoms with Gasteiger partial charge in [0.2, 0.25) is 0 Å². The Morgan fingerprint density at radius 2 is 1.83 bits per heavy atom. The lowest BCUT2D eigenvalue weighted by Crippen LogP contribution is -2.22. The summed E-state index contributed by atoms with van der Waals surface area (Å²) in [7, 11) is -4.07. The van der Waals surface area contributed by atoms with Crippen molar-refractivity contribution in [3.63, 3.8) is 0 Å². The topological polar surface area (TPSA) is 95.2 Å². The number of hydrogen-bond donors (Lipinski definition) is 1. The summed E-state index contributed by atoms with van der Waals surface area (Å²) >= 11 is 0. The number of carboxylic acid groups (broad SMARTS) is 1. The highest BCUT2D eigenvalue weighted by atomic mass is 32.2. The Hall–Kier alpha value is -2.72. The first kappa shape index (κ1) is 16.1. The molecule has 0 saturated heterocycles. The lowest BCUT2D eigenvalue weighted by atomic mass is 10.0. The third kappa shape index (κ3) is 2.19. The second-order valence-corrected chi connectivity index (χ2v) is 7.67. The van der Waals surface area contributed by atoms with Crippen LogP contribution in [0, 0.1) is 22.6 Å². The maximum atomic E-state index is 13.5. The maximum Gasteiger partial charge on any atom is 0.326 e. The van der Waals surface area contributed by atoms with Gasteiger partial charge in [-0.05, 0) is 29.8 Å². The molecule has 2 aromatic rings. The number of sulfone groups is 1. The van der Waals surface area contributed by atoms with Crippen LogP contribution in [-0.2, 0) is 14.6 Å². The summed E-state index contributed by atoms with van der Waals surface area (Å²) in [6.45, 7) is 0. The summed E-state index contributed by atoms with van der Waals surface area (Å²) in [5.74, 6) is -3.27. The van der Waals surface area contributed by atoms with Gasteiger partial charge in [-0.25, -0.2) is 12.8 Å². The van der Waals surface area contributed by atoms with E-state index in [4.69, 9.17) is 0 Å².